The van der Waals surface area contributed by atoms with E-state index in [0.29, 0.717) is 16.6 Å². The summed E-state index contributed by atoms with van der Waals surface area (Å²) in [6, 6.07) is 12.5. The number of rotatable bonds is 1. The third-order valence-electron chi connectivity index (χ3n) is 3.13. The standard InChI is InChI=1S/C15H12Cl2N2OS/c16-10-1-4-12(5-2-10)18-15(20)19-7-8-21-14-9-11(17)3-6-13(14)19/h1-6,9H,7-8H2,(H,18,20). The maximum Gasteiger partial charge on any atom is 0.326 e. The molecule has 2 aromatic rings. The van der Waals surface area contributed by atoms with Gasteiger partial charge < -0.3 is 5.32 Å². The molecule has 1 aliphatic heterocycles. The maximum atomic E-state index is 12.4. The fraction of sp³-hybridized carbons (Fsp3) is 0.133. The van der Waals surface area contributed by atoms with Crippen molar-refractivity contribution in [3.8, 4) is 0 Å². The Morgan fingerprint density at radius 2 is 1.81 bits per heavy atom. The SMILES string of the molecule is O=C(Nc1ccc(Cl)cc1)N1CCSc2cc(Cl)ccc21. The van der Waals surface area contributed by atoms with Gasteiger partial charge in [-0.05, 0) is 42.5 Å². The van der Waals surface area contributed by atoms with Crippen molar-refractivity contribution in [3.05, 3.63) is 52.5 Å². The molecule has 21 heavy (non-hydrogen) atoms. The molecule has 0 aliphatic carbocycles. The Bertz CT molecular complexity index is 676. The molecule has 2 aromatic carbocycles. The number of urea groups is 1. The van der Waals surface area contributed by atoms with Crippen LogP contribution in [0.2, 0.25) is 10.0 Å². The molecule has 0 saturated carbocycles. The van der Waals surface area contributed by atoms with Crippen molar-refractivity contribution in [2.45, 2.75) is 4.90 Å². The average Bonchev–Trinajstić information content (AvgIpc) is 2.48. The maximum absolute atomic E-state index is 12.4. The van der Waals surface area contributed by atoms with E-state index in [4.69, 9.17) is 23.2 Å². The Morgan fingerprint density at radius 3 is 2.57 bits per heavy atom. The third-order valence-corrected chi connectivity index (χ3v) is 4.64. The van der Waals surface area contributed by atoms with E-state index in [0.717, 1.165) is 22.0 Å². The van der Waals surface area contributed by atoms with E-state index in [1.807, 2.05) is 12.1 Å². The predicted octanol–water partition coefficient (Wildman–Crippen LogP) is 5.14. The van der Waals surface area contributed by atoms with Crippen LogP contribution in [0.15, 0.2) is 47.4 Å². The van der Waals surface area contributed by atoms with Gasteiger partial charge in [0.2, 0.25) is 0 Å². The smallest absolute Gasteiger partial charge is 0.308 e. The zero-order chi connectivity index (χ0) is 14.8. The van der Waals surface area contributed by atoms with E-state index in [9.17, 15) is 4.79 Å². The number of fused-ring (bicyclic) bond motifs is 1. The molecule has 0 fully saturated rings. The minimum atomic E-state index is -0.152. The first-order valence-corrected chi connectivity index (χ1v) is 8.14. The second-order valence-electron chi connectivity index (χ2n) is 4.55. The molecule has 0 spiro atoms. The molecule has 0 bridgehead atoms. The number of hydrogen-bond acceptors (Lipinski definition) is 2. The van der Waals surface area contributed by atoms with Crippen LogP contribution in [0.25, 0.3) is 0 Å². The number of hydrogen-bond donors (Lipinski definition) is 1. The number of amides is 2. The number of nitrogens with zero attached hydrogens (tertiary/aromatic N) is 1. The van der Waals surface area contributed by atoms with Crippen molar-refractivity contribution in [1.82, 2.24) is 0 Å². The lowest BCUT2D eigenvalue weighted by Gasteiger charge is -2.29. The van der Waals surface area contributed by atoms with Gasteiger partial charge in [0.25, 0.3) is 0 Å². The molecule has 1 N–H and O–H groups in total. The summed E-state index contributed by atoms with van der Waals surface area (Å²) >= 11 is 13.6. The van der Waals surface area contributed by atoms with Crippen LogP contribution in [0.5, 0.6) is 0 Å². The molecule has 0 saturated heterocycles. The average molecular weight is 339 g/mol. The molecule has 2 amide bonds. The topological polar surface area (TPSA) is 32.3 Å². The molecule has 0 unspecified atom stereocenters. The minimum absolute atomic E-state index is 0.152. The largest absolute Gasteiger partial charge is 0.326 e. The Hall–Kier alpha value is -1.36. The van der Waals surface area contributed by atoms with Crippen molar-refractivity contribution in [2.24, 2.45) is 0 Å². The van der Waals surface area contributed by atoms with Crippen LogP contribution in [0.1, 0.15) is 0 Å². The first kappa shape index (κ1) is 14.6. The first-order valence-electron chi connectivity index (χ1n) is 6.40. The third kappa shape index (κ3) is 3.28. The van der Waals surface area contributed by atoms with E-state index in [-0.39, 0.29) is 6.03 Å². The Morgan fingerprint density at radius 1 is 1.10 bits per heavy atom. The summed E-state index contributed by atoms with van der Waals surface area (Å²) in [6.45, 7) is 0.665. The van der Waals surface area contributed by atoms with Crippen LogP contribution < -0.4 is 10.2 Å². The van der Waals surface area contributed by atoms with Crippen molar-refractivity contribution in [3.63, 3.8) is 0 Å². The number of carbonyl (C=O) groups is 1. The lowest BCUT2D eigenvalue weighted by molar-refractivity contribution is 0.257. The van der Waals surface area contributed by atoms with Crippen LogP contribution in [-0.4, -0.2) is 18.3 Å². The monoisotopic (exact) mass is 338 g/mol. The highest BCUT2D eigenvalue weighted by molar-refractivity contribution is 7.99. The van der Waals surface area contributed by atoms with Gasteiger partial charge in [0, 0.05) is 32.9 Å². The van der Waals surface area contributed by atoms with Crippen LogP contribution in [0.4, 0.5) is 16.2 Å². The zero-order valence-corrected chi connectivity index (χ0v) is 13.3. The first-order chi connectivity index (χ1) is 10.1. The van der Waals surface area contributed by atoms with E-state index < -0.39 is 0 Å². The Kier molecular flexibility index (Phi) is 4.29. The lowest BCUT2D eigenvalue weighted by atomic mass is 10.3. The van der Waals surface area contributed by atoms with Crippen LogP contribution in [0.3, 0.4) is 0 Å². The fourth-order valence-electron chi connectivity index (χ4n) is 2.13. The molecule has 108 valence electrons. The van der Waals surface area contributed by atoms with Crippen molar-refractivity contribution < 1.29 is 4.79 Å². The van der Waals surface area contributed by atoms with Gasteiger partial charge in [0.1, 0.15) is 0 Å². The molecule has 1 aliphatic rings. The molecule has 3 nitrogen and oxygen atoms in total. The van der Waals surface area contributed by atoms with E-state index in [1.54, 1.807) is 47.0 Å². The second kappa shape index (κ2) is 6.18. The quantitative estimate of drug-likeness (QED) is 0.780. The summed E-state index contributed by atoms with van der Waals surface area (Å²) in [5, 5.41) is 4.20. The summed E-state index contributed by atoms with van der Waals surface area (Å²) in [6.07, 6.45) is 0. The van der Waals surface area contributed by atoms with Crippen molar-refractivity contribution in [2.75, 3.05) is 22.5 Å². The predicted molar refractivity (Wildman–Crippen MR) is 90.0 cm³/mol. The van der Waals surface area contributed by atoms with Gasteiger partial charge in [-0.3, -0.25) is 4.90 Å². The van der Waals surface area contributed by atoms with E-state index in [2.05, 4.69) is 5.32 Å². The molecule has 0 radical (unpaired) electrons. The van der Waals surface area contributed by atoms with Gasteiger partial charge in [-0.2, -0.15) is 0 Å². The molecular formula is C15H12Cl2N2OS. The molecule has 6 heteroatoms. The molecular weight excluding hydrogens is 327 g/mol. The number of nitrogens with one attached hydrogen (secondary N) is 1. The van der Waals surface area contributed by atoms with E-state index >= 15 is 0 Å². The molecule has 0 aromatic heterocycles. The van der Waals surface area contributed by atoms with Crippen molar-refractivity contribution >= 4 is 52.4 Å². The van der Waals surface area contributed by atoms with Gasteiger partial charge in [-0.15, -0.1) is 11.8 Å². The highest BCUT2D eigenvalue weighted by Gasteiger charge is 2.23. The normalized spacial score (nSPS) is 13.7. The highest BCUT2D eigenvalue weighted by Crippen LogP contribution is 2.36. The molecule has 1 heterocycles. The molecule has 3 rings (SSSR count). The number of carbonyl (C=O) groups excluding carboxylic acids is 1. The fourth-order valence-corrected chi connectivity index (χ4v) is 3.52. The van der Waals surface area contributed by atoms with Gasteiger partial charge in [0.15, 0.2) is 0 Å². The van der Waals surface area contributed by atoms with Crippen LogP contribution in [-0.2, 0) is 0 Å². The number of anilines is 2. The van der Waals surface area contributed by atoms with Crippen molar-refractivity contribution in [1.29, 1.82) is 0 Å². The van der Waals surface area contributed by atoms with E-state index in [1.165, 1.54) is 0 Å². The van der Waals surface area contributed by atoms with Crippen LogP contribution in [0, 0.1) is 0 Å². The van der Waals surface area contributed by atoms with Gasteiger partial charge >= 0.3 is 6.03 Å². The number of benzene rings is 2. The summed E-state index contributed by atoms with van der Waals surface area (Å²) in [4.78, 5) is 15.2. The number of thioether (sulfide) groups is 1. The highest BCUT2D eigenvalue weighted by atomic mass is 35.5. The Labute approximate surface area is 137 Å². The van der Waals surface area contributed by atoms with Crippen LogP contribution >= 0.6 is 35.0 Å². The summed E-state index contributed by atoms with van der Waals surface area (Å²) in [7, 11) is 0. The number of halogens is 2. The second-order valence-corrected chi connectivity index (χ2v) is 6.56. The minimum Gasteiger partial charge on any atom is -0.308 e. The molecule has 0 atom stereocenters. The van der Waals surface area contributed by atoms with Gasteiger partial charge in [-0.25, -0.2) is 4.79 Å². The summed E-state index contributed by atoms with van der Waals surface area (Å²) in [5.74, 6) is 0.849. The Balaban J connectivity index is 1.81. The van der Waals surface area contributed by atoms with Gasteiger partial charge in [-0.1, -0.05) is 23.2 Å². The lowest BCUT2D eigenvalue weighted by Crippen LogP contribution is -2.38. The zero-order valence-electron chi connectivity index (χ0n) is 11.0. The van der Waals surface area contributed by atoms with Gasteiger partial charge in [0.05, 0.1) is 5.69 Å². The summed E-state index contributed by atoms with van der Waals surface area (Å²) < 4.78 is 0. The summed E-state index contributed by atoms with van der Waals surface area (Å²) in [5.41, 5.74) is 1.61.